The molecule has 3 aromatic carbocycles. The highest BCUT2D eigenvalue weighted by atomic mass is 79.9. The number of rotatable bonds is 4. The first kappa shape index (κ1) is 24.2. The van der Waals surface area contributed by atoms with E-state index in [1.807, 2.05) is 24.3 Å². The summed E-state index contributed by atoms with van der Waals surface area (Å²) in [6.07, 6.45) is 1.80. The van der Waals surface area contributed by atoms with E-state index >= 15 is 0 Å². The third-order valence-electron chi connectivity index (χ3n) is 4.65. The van der Waals surface area contributed by atoms with Gasteiger partial charge in [0, 0.05) is 22.8 Å². The largest absolute Gasteiger partial charge is 0.320 e. The number of benzene rings is 3. The lowest BCUT2D eigenvalue weighted by Crippen LogP contribution is -2.18. The number of anilines is 1. The van der Waals surface area contributed by atoms with E-state index in [0.29, 0.717) is 25.1 Å². The van der Waals surface area contributed by atoms with Crippen LogP contribution in [0.4, 0.5) is 5.69 Å². The van der Waals surface area contributed by atoms with Crippen LogP contribution in [0.5, 0.6) is 0 Å². The Hall–Kier alpha value is -0.910. The number of fused-ring (bicyclic) bond motifs is 1. The fourth-order valence-electron chi connectivity index (χ4n) is 3.04. The summed E-state index contributed by atoms with van der Waals surface area (Å²) in [5.41, 5.74) is 2.00. The van der Waals surface area contributed by atoms with Crippen LogP contribution in [0.25, 0.3) is 6.08 Å². The normalized spacial score (nSPS) is 14.9. The van der Waals surface area contributed by atoms with E-state index in [1.165, 1.54) is 17.8 Å². The van der Waals surface area contributed by atoms with Crippen molar-refractivity contribution in [2.24, 2.45) is 0 Å². The zero-order valence-electron chi connectivity index (χ0n) is 16.0. The highest BCUT2D eigenvalue weighted by molar-refractivity contribution is 9.11. The fraction of sp³-hybridized carbons (Fsp3) is 0.0455. The van der Waals surface area contributed by atoms with Crippen molar-refractivity contribution in [2.45, 2.75) is 15.5 Å². The van der Waals surface area contributed by atoms with Crippen molar-refractivity contribution >= 4 is 103 Å². The number of sulfone groups is 1. The van der Waals surface area contributed by atoms with Crippen molar-refractivity contribution in [1.29, 1.82) is 0 Å². The number of carbonyl (C=O) groups is 1. The van der Waals surface area contributed by atoms with E-state index in [9.17, 15) is 13.2 Å². The van der Waals surface area contributed by atoms with Gasteiger partial charge in [0.25, 0.3) is 5.91 Å². The smallest absolute Gasteiger partial charge is 0.262 e. The Morgan fingerprint density at radius 1 is 0.906 bits per heavy atom. The Morgan fingerprint density at radius 3 is 2.31 bits per heavy atom. The van der Waals surface area contributed by atoms with Gasteiger partial charge in [0.15, 0.2) is 9.84 Å². The average Bonchev–Trinajstić information content (AvgIpc) is 2.73. The Balaban J connectivity index is 1.63. The van der Waals surface area contributed by atoms with Crippen molar-refractivity contribution in [3.05, 3.63) is 88.5 Å². The van der Waals surface area contributed by atoms with Crippen LogP contribution in [0.3, 0.4) is 0 Å². The SMILES string of the molecule is O=C1Nc2cc(S(=O)(=O)Cc3c(Br)cccc3Br)ccc2SC1=Cc1ccc(Br)cc1Br. The van der Waals surface area contributed by atoms with Crippen LogP contribution in [-0.4, -0.2) is 14.3 Å². The maximum atomic E-state index is 13.1. The number of hydrogen-bond acceptors (Lipinski definition) is 4. The predicted molar refractivity (Wildman–Crippen MR) is 143 cm³/mol. The molecule has 0 bridgehead atoms. The van der Waals surface area contributed by atoms with Crippen molar-refractivity contribution in [2.75, 3.05) is 5.32 Å². The summed E-state index contributed by atoms with van der Waals surface area (Å²) in [6, 6.07) is 16.0. The Labute approximate surface area is 223 Å². The molecule has 0 radical (unpaired) electrons. The van der Waals surface area contributed by atoms with Gasteiger partial charge in [0.1, 0.15) is 0 Å². The van der Waals surface area contributed by atoms with Gasteiger partial charge >= 0.3 is 0 Å². The summed E-state index contributed by atoms with van der Waals surface area (Å²) in [5, 5.41) is 2.82. The molecule has 32 heavy (non-hydrogen) atoms. The number of amides is 1. The summed E-state index contributed by atoms with van der Waals surface area (Å²) in [4.78, 5) is 14.2. The molecule has 0 aromatic heterocycles. The molecule has 3 aromatic rings. The Bertz CT molecular complexity index is 1370. The topological polar surface area (TPSA) is 63.2 Å². The first-order valence-corrected chi connectivity index (χ1v) is 14.7. The van der Waals surface area contributed by atoms with Crippen LogP contribution in [0.15, 0.2) is 87.2 Å². The van der Waals surface area contributed by atoms with Gasteiger partial charge in [-0.3, -0.25) is 4.79 Å². The van der Waals surface area contributed by atoms with Crippen LogP contribution in [0.2, 0.25) is 0 Å². The van der Waals surface area contributed by atoms with E-state index in [2.05, 4.69) is 69.0 Å². The van der Waals surface area contributed by atoms with Crippen molar-refractivity contribution in [3.63, 3.8) is 0 Å². The second-order valence-electron chi connectivity index (χ2n) is 6.85. The average molecular weight is 723 g/mol. The molecule has 1 heterocycles. The van der Waals surface area contributed by atoms with E-state index in [4.69, 9.17) is 0 Å². The lowest BCUT2D eigenvalue weighted by atomic mass is 10.2. The van der Waals surface area contributed by atoms with Crippen molar-refractivity contribution in [3.8, 4) is 0 Å². The number of hydrogen-bond donors (Lipinski definition) is 1. The summed E-state index contributed by atoms with van der Waals surface area (Å²) in [7, 11) is -3.63. The van der Waals surface area contributed by atoms with Gasteiger partial charge in [0.05, 0.1) is 21.2 Å². The quantitative estimate of drug-likeness (QED) is 0.280. The highest BCUT2D eigenvalue weighted by Gasteiger charge is 2.25. The molecular formula is C22H13Br4NO3S2. The summed E-state index contributed by atoms with van der Waals surface area (Å²) in [5.74, 6) is -0.446. The molecule has 0 saturated heterocycles. The van der Waals surface area contributed by atoms with Crippen LogP contribution < -0.4 is 5.32 Å². The molecule has 1 amide bonds. The van der Waals surface area contributed by atoms with Crippen LogP contribution in [0.1, 0.15) is 11.1 Å². The van der Waals surface area contributed by atoms with Crippen LogP contribution in [0, 0.1) is 0 Å². The number of thioether (sulfide) groups is 1. The van der Waals surface area contributed by atoms with Crippen LogP contribution >= 0.6 is 75.5 Å². The van der Waals surface area contributed by atoms with Gasteiger partial charge in [-0.1, -0.05) is 87.6 Å². The van der Waals surface area contributed by atoms with E-state index in [0.717, 1.165) is 19.4 Å². The van der Waals surface area contributed by atoms with Gasteiger partial charge in [-0.05, 0) is 59.7 Å². The molecule has 1 aliphatic rings. The zero-order chi connectivity index (χ0) is 23.0. The number of nitrogens with one attached hydrogen (secondary N) is 1. The standard InChI is InChI=1S/C22H13Br4NO3S2/c23-13-5-4-12(18(26)9-13)8-21-22(28)27-19-10-14(6-7-20(19)31-21)32(29,30)11-15-16(24)2-1-3-17(15)25/h1-10H,11H2,(H,27,28). The first-order chi connectivity index (χ1) is 15.1. The molecule has 164 valence electrons. The van der Waals surface area contributed by atoms with Crippen molar-refractivity contribution < 1.29 is 13.2 Å². The molecule has 1 N–H and O–H groups in total. The lowest BCUT2D eigenvalue weighted by Gasteiger charge is -2.20. The third kappa shape index (κ3) is 5.26. The second kappa shape index (κ2) is 9.76. The maximum Gasteiger partial charge on any atom is 0.262 e. The van der Waals surface area contributed by atoms with Gasteiger partial charge in [-0.2, -0.15) is 0 Å². The van der Waals surface area contributed by atoms with Crippen molar-refractivity contribution in [1.82, 2.24) is 0 Å². The molecule has 1 aliphatic heterocycles. The van der Waals surface area contributed by atoms with Gasteiger partial charge in [-0.15, -0.1) is 0 Å². The van der Waals surface area contributed by atoms with E-state index in [1.54, 1.807) is 30.3 Å². The van der Waals surface area contributed by atoms with E-state index in [-0.39, 0.29) is 16.6 Å². The molecular weight excluding hydrogens is 710 g/mol. The molecule has 0 fully saturated rings. The molecule has 0 spiro atoms. The Kier molecular flexibility index (Phi) is 7.38. The minimum absolute atomic E-state index is 0.155. The summed E-state index contributed by atoms with van der Waals surface area (Å²) >= 11 is 15.1. The molecule has 4 rings (SSSR count). The number of carbonyl (C=O) groups excluding carboxylic acids is 1. The summed E-state index contributed by atoms with van der Waals surface area (Å²) in [6.45, 7) is 0. The zero-order valence-corrected chi connectivity index (χ0v) is 24.0. The predicted octanol–water partition coefficient (Wildman–Crippen LogP) is 7.80. The highest BCUT2D eigenvalue weighted by Crippen LogP contribution is 2.41. The molecule has 10 heteroatoms. The summed E-state index contributed by atoms with van der Waals surface area (Å²) < 4.78 is 29.3. The second-order valence-corrected chi connectivity index (χ2v) is 13.4. The number of halogens is 4. The minimum Gasteiger partial charge on any atom is -0.320 e. The van der Waals surface area contributed by atoms with Gasteiger partial charge < -0.3 is 5.32 Å². The lowest BCUT2D eigenvalue weighted by molar-refractivity contribution is -0.112. The maximum absolute atomic E-state index is 13.1. The van der Waals surface area contributed by atoms with Crippen LogP contribution in [-0.2, 0) is 20.4 Å². The van der Waals surface area contributed by atoms with E-state index < -0.39 is 9.84 Å². The molecule has 0 unspecified atom stereocenters. The molecule has 0 aliphatic carbocycles. The minimum atomic E-state index is -3.63. The fourth-order valence-corrected chi connectivity index (χ4v) is 8.20. The van der Waals surface area contributed by atoms with Gasteiger partial charge in [-0.25, -0.2) is 8.42 Å². The molecule has 0 saturated carbocycles. The first-order valence-electron chi connectivity index (χ1n) is 9.10. The van der Waals surface area contributed by atoms with Gasteiger partial charge in [0.2, 0.25) is 0 Å². The Morgan fingerprint density at radius 2 is 1.62 bits per heavy atom. The monoisotopic (exact) mass is 719 g/mol. The molecule has 4 nitrogen and oxygen atoms in total. The third-order valence-corrected chi connectivity index (χ3v) is 10.1. The molecule has 0 atom stereocenters.